The molecule has 0 aromatic carbocycles. The predicted octanol–water partition coefficient (Wildman–Crippen LogP) is 4.10. The zero-order valence-corrected chi connectivity index (χ0v) is 13.1. The van der Waals surface area contributed by atoms with Crippen LogP contribution in [0, 0.1) is 5.92 Å². The van der Waals surface area contributed by atoms with E-state index in [1.54, 1.807) is 0 Å². The largest absolute Gasteiger partial charge is 0.474 e. The maximum atomic E-state index is 5.99. The van der Waals surface area contributed by atoms with E-state index in [1.807, 2.05) is 12.3 Å². The molecule has 1 unspecified atom stereocenters. The molecule has 0 amide bonds. The Balaban J connectivity index is 1.85. The first kappa shape index (κ1) is 15.3. The average Bonchev–Trinajstić information content (AvgIpc) is 2.48. The van der Waals surface area contributed by atoms with Crippen LogP contribution in [0.2, 0.25) is 0 Å². The molecule has 0 spiro atoms. The van der Waals surface area contributed by atoms with Gasteiger partial charge in [-0.05, 0) is 57.1 Å². The first-order chi connectivity index (χ1) is 9.69. The predicted molar refractivity (Wildman–Crippen MR) is 83.0 cm³/mol. The highest BCUT2D eigenvalue weighted by Gasteiger charge is 2.19. The molecule has 0 aliphatic heterocycles. The zero-order valence-electron chi connectivity index (χ0n) is 13.1. The molecule has 1 heterocycles. The lowest BCUT2D eigenvalue weighted by Gasteiger charge is -2.26. The Bertz CT molecular complexity index is 382. The summed E-state index contributed by atoms with van der Waals surface area (Å²) in [4.78, 5) is 4.46. The molecular weight excluding hydrogens is 248 g/mol. The standard InChI is InChI=1S/C17H28N2O/c1-4-11-18-14(3)15-7-10-17(19-12-15)20-16-8-5-13(2)6-9-16/h7,10,12-14,16,18H,4-6,8-9,11H2,1-3H3. The normalized spacial score (nSPS) is 24.4. The van der Waals surface area contributed by atoms with Gasteiger partial charge in [0.15, 0.2) is 0 Å². The first-order valence-corrected chi connectivity index (χ1v) is 8.05. The molecule has 112 valence electrons. The number of ether oxygens (including phenoxy) is 1. The molecule has 2 rings (SSSR count). The maximum absolute atomic E-state index is 5.99. The summed E-state index contributed by atoms with van der Waals surface area (Å²) >= 11 is 0. The van der Waals surface area contributed by atoms with Crippen molar-refractivity contribution in [1.82, 2.24) is 10.3 Å². The molecule has 1 N–H and O–H groups in total. The summed E-state index contributed by atoms with van der Waals surface area (Å²) in [6.45, 7) is 7.73. The summed E-state index contributed by atoms with van der Waals surface area (Å²) < 4.78 is 5.99. The van der Waals surface area contributed by atoms with Gasteiger partial charge < -0.3 is 10.1 Å². The van der Waals surface area contributed by atoms with Gasteiger partial charge >= 0.3 is 0 Å². The minimum atomic E-state index is 0.354. The van der Waals surface area contributed by atoms with Gasteiger partial charge in [-0.1, -0.05) is 19.9 Å². The molecule has 1 aromatic heterocycles. The molecule has 1 saturated carbocycles. The van der Waals surface area contributed by atoms with Crippen molar-refractivity contribution >= 4 is 0 Å². The van der Waals surface area contributed by atoms with Crippen LogP contribution in [0.1, 0.15) is 64.5 Å². The third-order valence-electron chi connectivity index (χ3n) is 4.21. The highest BCUT2D eigenvalue weighted by Crippen LogP contribution is 2.26. The zero-order chi connectivity index (χ0) is 14.4. The van der Waals surface area contributed by atoms with Crippen molar-refractivity contribution in [3.05, 3.63) is 23.9 Å². The third kappa shape index (κ3) is 4.48. The van der Waals surface area contributed by atoms with Gasteiger partial charge in [0.05, 0.1) is 0 Å². The van der Waals surface area contributed by atoms with Crippen molar-refractivity contribution in [3.63, 3.8) is 0 Å². The number of hydrogen-bond acceptors (Lipinski definition) is 3. The van der Waals surface area contributed by atoms with Crippen LogP contribution in [0.15, 0.2) is 18.3 Å². The fourth-order valence-electron chi connectivity index (χ4n) is 2.71. The number of aromatic nitrogens is 1. The molecule has 3 heteroatoms. The molecule has 1 fully saturated rings. The molecule has 1 aromatic rings. The monoisotopic (exact) mass is 276 g/mol. The van der Waals surface area contributed by atoms with E-state index in [1.165, 1.54) is 31.2 Å². The summed E-state index contributed by atoms with van der Waals surface area (Å²) in [6.07, 6.45) is 8.34. The first-order valence-electron chi connectivity index (χ1n) is 8.05. The minimum absolute atomic E-state index is 0.354. The number of rotatable bonds is 6. The van der Waals surface area contributed by atoms with Crippen LogP contribution in [0.5, 0.6) is 5.88 Å². The number of nitrogens with one attached hydrogen (secondary N) is 1. The van der Waals surface area contributed by atoms with Crippen LogP contribution in [0.3, 0.4) is 0 Å². The van der Waals surface area contributed by atoms with E-state index in [4.69, 9.17) is 4.74 Å². The van der Waals surface area contributed by atoms with E-state index in [9.17, 15) is 0 Å². The Morgan fingerprint density at radius 1 is 1.30 bits per heavy atom. The lowest BCUT2D eigenvalue weighted by Crippen LogP contribution is -2.23. The Morgan fingerprint density at radius 3 is 2.65 bits per heavy atom. The highest BCUT2D eigenvalue weighted by molar-refractivity contribution is 5.20. The Hall–Kier alpha value is -1.09. The number of nitrogens with zero attached hydrogens (tertiary/aromatic N) is 1. The Kier molecular flexibility index (Phi) is 5.84. The van der Waals surface area contributed by atoms with Crippen LogP contribution in [0.4, 0.5) is 0 Å². The van der Waals surface area contributed by atoms with E-state index in [0.29, 0.717) is 12.1 Å². The quantitative estimate of drug-likeness (QED) is 0.849. The van der Waals surface area contributed by atoms with Gasteiger partial charge in [-0.15, -0.1) is 0 Å². The summed E-state index contributed by atoms with van der Waals surface area (Å²) in [6, 6.07) is 4.49. The Morgan fingerprint density at radius 2 is 2.05 bits per heavy atom. The van der Waals surface area contributed by atoms with Crippen LogP contribution in [-0.4, -0.2) is 17.6 Å². The van der Waals surface area contributed by atoms with Crippen molar-refractivity contribution in [3.8, 4) is 5.88 Å². The number of pyridine rings is 1. The fraction of sp³-hybridized carbons (Fsp3) is 0.706. The molecule has 1 aliphatic rings. The number of hydrogen-bond donors (Lipinski definition) is 1. The van der Waals surface area contributed by atoms with Gasteiger partial charge in [0.2, 0.25) is 5.88 Å². The lowest BCUT2D eigenvalue weighted by molar-refractivity contribution is 0.130. The third-order valence-corrected chi connectivity index (χ3v) is 4.21. The van der Waals surface area contributed by atoms with Crippen molar-refractivity contribution in [2.24, 2.45) is 5.92 Å². The van der Waals surface area contributed by atoms with E-state index < -0.39 is 0 Å². The van der Waals surface area contributed by atoms with E-state index in [-0.39, 0.29) is 0 Å². The SMILES string of the molecule is CCCNC(C)c1ccc(OC2CCC(C)CC2)nc1. The fourth-order valence-corrected chi connectivity index (χ4v) is 2.71. The minimum Gasteiger partial charge on any atom is -0.474 e. The molecule has 0 bridgehead atoms. The van der Waals surface area contributed by atoms with Crippen LogP contribution < -0.4 is 10.1 Å². The van der Waals surface area contributed by atoms with Crippen molar-refractivity contribution in [2.45, 2.75) is 65.0 Å². The van der Waals surface area contributed by atoms with Gasteiger partial charge in [-0.25, -0.2) is 4.98 Å². The van der Waals surface area contributed by atoms with Crippen LogP contribution >= 0.6 is 0 Å². The molecule has 3 nitrogen and oxygen atoms in total. The molecular formula is C17H28N2O. The summed E-state index contributed by atoms with van der Waals surface area (Å²) in [5, 5.41) is 3.47. The van der Waals surface area contributed by atoms with E-state index >= 15 is 0 Å². The van der Waals surface area contributed by atoms with Crippen LogP contribution in [0.25, 0.3) is 0 Å². The molecule has 1 aliphatic carbocycles. The van der Waals surface area contributed by atoms with Gasteiger partial charge in [0.1, 0.15) is 6.10 Å². The van der Waals surface area contributed by atoms with Crippen molar-refractivity contribution in [1.29, 1.82) is 0 Å². The second-order valence-electron chi connectivity index (χ2n) is 6.11. The molecule has 0 saturated heterocycles. The molecule has 0 radical (unpaired) electrons. The van der Waals surface area contributed by atoms with Crippen LogP contribution in [-0.2, 0) is 0 Å². The van der Waals surface area contributed by atoms with E-state index in [0.717, 1.165) is 24.8 Å². The Labute approximate surface area is 123 Å². The average molecular weight is 276 g/mol. The second kappa shape index (κ2) is 7.63. The van der Waals surface area contributed by atoms with Gasteiger partial charge in [-0.2, -0.15) is 0 Å². The van der Waals surface area contributed by atoms with Crippen molar-refractivity contribution in [2.75, 3.05) is 6.54 Å². The smallest absolute Gasteiger partial charge is 0.213 e. The summed E-state index contributed by atoms with van der Waals surface area (Å²) in [5.41, 5.74) is 1.23. The van der Waals surface area contributed by atoms with Gasteiger partial charge in [0.25, 0.3) is 0 Å². The maximum Gasteiger partial charge on any atom is 0.213 e. The van der Waals surface area contributed by atoms with Gasteiger partial charge in [0, 0.05) is 18.3 Å². The van der Waals surface area contributed by atoms with E-state index in [2.05, 4.69) is 37.1 Å². The molecule has 20 heavy (non-hydrogen) atoms. The molecule has 1 atom stereocenters. The van der Waals surface area contributed by atoms with Crippen molar-refractivity contribution < 1.29 is 4.74 Å². The van der Waals surface area contributed by atoms with Gasteiger partial charge in [-0.3, -0.25) is 0 Å². The topological polar surface area (TPSA) is 34.1 Å². The highest BCUT2D eigenvalue weighted by atomic mass is 16.5. The second-order valence-corrected chi connectivity index (χ2v) is 6.11. The summed E-state index contributed by atoms with van der Waals surface area (Å²) in [7, 11) is 0. The summed E-state index contributed by atoms with van der Waals surface area (Å²) in [5.74, 6) is 1.63. The lowest BCUT2D eigenvalue weighted by atomic mass is 9.89.